The molecule has 3 aromatic rings. The van der Waals surface area contributed by atoms with Gasteiger partial charge in [0.25, 0.3) is 0 Å². The molecule has 2 heterocycles. The molecule has 158 valence electrons. The van der Waals surface area contributed by atoms with Gasteiger partial charge in [-0.3, -0.25) is 4.79 Å². The van der Waals surface area contributed by atoms with Crippen LogP contribution in [0.4, 0.5) is 0 Å². The first-order valence-corrected chi connectivity index (χ1v) is 10.9. The van der Waals surface area contributed by atoms with E-state index in [1.54, 1.807) is 6.92 Å². The van der Waals surface area contributed by atoms with Gasteiger partial charge in [0.15, 0.2) is 0 Å². The predicted octanol–water partition coefficient (Wildman–Crippen LogP) is 5.23. The van der Waals surface area contributed by atoms with Gasteiger partial charge in [-0.1, -0.05) is 38.1 Å². The standard InChI is InChI=1S/C25H31N3O2/c1-17(2)20-12-11-18(3)16-24(20)30-15-14-28-22-9-6-5-8-21(22)26-25(28)23-10-7-13-27(23)19(4)29/h5-6,8-9,11-12,16-17,23H,7,10,13-15H2,1-4H3/t23-/m1/s1. The number of imidazole rings is 1. The molecule has 5 nitrogen and oxygen atoms in total. The first kappa shape index (κ1) is 20.5. The molecule has 1 aromatic heterocycles. The van der Waals surface area contributed by atoms with Gasteiger partial charge in [-0.2, -0.15) is 0 Å². The second-order valence-electron chi connectivity index (χ2n) is 8.53. The van der Waals surface area contributed by atoms with Gasteiger partial charge in [-0.15, -0.1) is 0 Å². The van der Waals surface area contributed by atoms with Crippen molar-refractivity contribution in [3.8, 4) is 5.75 Å². The molecule has 5 heteroatoms. The highest BCUT2D eigenvalue weighted by atomic mass is 16.5. The monoisotopic (exact) mass is 405 g/mol. The molecule has 1 amide bonds. The summed E-state index contributed by atoms with van der Waals surface area (Å²) in [6.07, 6.45) is 1.98. The molecule has 1 aliphatic rings. The highest BCUT2D eigenvalue weighted by Crippen LogP contribution is 2.33. The molecule has 0 unspecified atom stereocenters. The Labute approximate surface area is 178 Å². The third-order valence-electron chi connectivity index (χ3n) is 6.00. The number of aromatic nitrogens is 2. The van der Waals surface area contributed by atoms with Gasteiger partial charge in [0.05, 0.1) is 23.6 Å². The van der Waals surface area contributed by atoms with Crippen LogP contribution in [-0.2, 0) is 11.3 Å². The Morgan fingerprint density at radius 2 is 2.03 bits per heavy atom. The van der Waals surface area contributed by atoms with Crippen LogP contribution in [0.3, 0.4) is 0 Å². The number of carbonyl (C=O) groups excluding carboxylic acids is 1. The van der Waals surface area contributed by atoms with Crippen LogP contribution in [0.1, 0.15) is 62.5 Å². The quantitative estimate of drug-likeness (QED) is 0.564. The van der Waals surface area contributed by atoms with E-state index in [1.807, 2.05) is 23.1 Å². The van der Waals surface area contributed by atoms with Crippen LogP contribution in [0.2, 0.25) is 0 Å². The van der Waals surface area contributed by atoms with Gasteiger partial charge in [0, 0.05) is 13.5 Å². The van der Waals surface area contributed by atoms with Crippen molar-refractivity contribution in [2.24, 2.45) is 0 Å². The molecule has 1 aliphatic heterocycles. The lowest BCUT2D eigenvalue weighted by Gasteiger charge is -2.24. The molecule has 0 aliphatic carbocycles. The summed E-state index contributed by atoms with van der Waals surface area (Å²) < 4.78 is 8.51. The molecule has 4 rings (SSSR count). The molecular formula is C25H31N3O2. The van der Waals surface area contributed by atoms with Crippen molar-refractivity contribution in [1.82, 2.24) is 14.5 Å². The number of fused-ring (bicyclic) bond motifs is 1. The summed E-state index contributed by atoms with van der Waals surface area (Å²) >= 11 is 0. The van der Waals surface area contributed by atoms with E-state index in [4.69, 9.17) is 9.72 Å². The maximum Gasteiger partial charge on any atom is 0.220 e. The molecule has 30 heavy (non-hydrogen) atoms. The lowest BCUT2D eigenvalue weighted by atomic mass is 10.0. The first-order valence-electron chi connectivity index (χ1n) is 10.9. The van der Waals surface area contributed by atoms with Gasteiger partial charge in [-0.05, 0) is 55.0 Å². The second-order valence-corrected chi connectivity index (χ2v) is 8.53. The number of para-hydroxylation sites is 2. The first-order chi connectivity index (χ1) is 14.5. The number of likely N-dealkylation sites (tertiary alicyclic amines) is 1. The number of aryl methyl sites for hydroxylation is 1. The van der Waals surface area contributed by atoms with Crippen LogP contribution in [0.5, 0.6) is 5.75 Å². The van der Waals surface area contributed by atoms with Gasteiger partial charge in [0.2, 0.25) is 5.91 Å². The Kier molecular flexibility index (Phi) is 5.80. The Hall–Kier alpha value is -2.82. The SMILES string of the molecule is CC(=O)N1CCC[C@@H]1c1nc2ccccc2n1CCOc1cc(C)ccc1C(C)C. The zero-order valence-electron chi connectivity index (χ0n) is 18.4. The average molecular weight is 406 g/mol. The number of ether oxygens (including phenoxy) is 1. The van der Waals surface area contributed by atoms with E-state index in [-0.39, 0.29) is 11.9 Å². The molecule has 0 N–H and O–H groups in total. The van der Waals surface area contributed by atoms with E-state index in [0.717, 1.165) is 42.0 Å². The Bertz CT molecular complexity index is 1050. The smallest absolute Gasteiger partial charge is 0.220 e. The molecular weight excluding hydrogens is 374 g/mol. The molecule has 0 spiro atoms. The number of benzene rings is 2. The Morgan fingerprint density at radius 1 is 1.23 bits per heavy atom. The number of carbonyl (C=O) groups is 1. The highest BCUT2D eigenvalue weighted by molar-refractivity contribution is 5.77. The Balaban J connectivity index is 1.62. The minimum atomic E-state index is 0.0418. The van der Waals surface area contributed by atoms with E-state index in [0.29, 0.717) is 19.1 Å². The minimum absolute atomic E-state index is 0.0418. The van der Waals surface area contributed by atoms with E-state index in [1.165, 1.54) is 11.1 Å². The predicted molar refractivity (Wildman–Crippen MR) is 120 cm³/mol. The van der Waals surface area contributed by atoms with Crippen molar-refractivity contribution in [2.75, 3.05) is 13.2 Å². The van der Waals surface area contributed by atoms with E-state index < -0.39 is 0 Å². The summed E-state index contributed by atoms with van der Waals surface area (Å²) in [5, 5.41) is 0. The molecule has 1 saturated heterocycles. The molecule has 1 fully saturated rings. The highest BCUT2D eigenvalue weighted by Gasteiger charge is 2.32. The summed E-state index contributed by atoms with van der Waals surface area (Å²) in [7, 11) is 0. The fourth-order valence-electron chi connectivity index (χ4n) is 4.49. The van der Waals surface area contributed by atoms with E-state index in [9.17, 15) is 4.79 Å². The molecule has 0 radical (unpaired) electrons. The lowest BCUT2D eigenvalue weighted by molar-refractivity contribution is -0.129. The van der Waals surface area contributed by atoms with Gasteiger partial charge in [-0.25, -0.2) is 4.98 Å². The fraction of sp³-hybridized carbons (Fsp3) is 0.440. The molecule has 1 atom stereocenters. The molecule has 0 bridgehead atoms. The largest absolute Gasteiger partial charge is 0.491 e. The molecule has 2 aromatic carbocycles. The number of hydrogen-bond donors (Lipinski definition) is 0. The number of amides is 1. The summed E-state index contributed by atoms with van der Waals surface area (Å²) in [4.78, 5) is 19.0. The third kappa shape index (κ3) is 3.93. The van der Waals surface area contributed by atoms with Crippen molar-refractivity contribution in [3.05, 3.63) is 59.4 Å². The second kappa shape index (κ2) is 8.50. The van der Waals surface area contributed by atoms with E-state index >= 15 is 0 Å². The van der Waals surface area contributed by atoms with Gasteiger partial charge < -0.3 is 14.2 Å². The van der Waals surface area contributed by atoms with Crippen molar-refractivity contribution >= 4 is 16.9 Å². The van der Waals surface area contributed by atoms with Crippen LogP contribution < -0.4 is 4.74 Å². The van der Waals surface area contributed by atoms with Crippen LogP contribution in [-0.4, -0.2) is 33.5 Å². The number of hydrogen-bond acceptors (Lipinski definition) is 3. The zero-order valence-corrected chi connectivity index (χ0v) is 18.4. The summed E-state index contributed by atoms with van der Waals surface area (Å²) in [5.41, 5.74) is 4.50. The fourth-order valence-corrected chi connectivity index (χ4v) is 4.49. The third-order valence-corrected chi connectivity index (χ3v) is 6.00. The van der Waals surface area contributed by atoms with Gasteiger partial charge in [0.1, 0.15) is 18.2 Å². The van der Waals surface area contributed by atoms with E-state index in [2.05, 4.69) is 49.6 Å². The van der Waals surface area contributed by atoms with Crippen molar-refractivity contribution in [2.45, 2.75) is 59.0 Å². The molecule has 0 saturated carbocycles. The van der Waals surface area contributed by atoms with Crippen LogP contribution in [0.25, 0.3) is 11.0 Å². The maximum atomic E-state index is 12.2. The maximum absolute atomic E-state index is 12.2. The topological polar surface area (TPSA) is 47.4 Å². The lowest BCUT2D eigenvalue weighted by Crippen LogP contribution is -2.30. The van der Waals surface area contributed by atoms with Crippen molar-refractivity contribution in [1.29, 1.82) is 0 Å². The zero-order chi connectivity index (χ0) is 21.3. The van der Waals surface area contributed by atoms with Crippen LogP contribution in [0, 0.1) is 6.92 Å². The van der Waals surface area contributed by atoms with Gasteiger partial charge >= 0.3 is 0 Å². The minimum Gasteiger partial charge on any atom is -0.491 e. The summed E-state index contributed by atoms with van der Waals surface area (Å²) in [6.45, 7) is 10.2. The average Bonchev–Trinajstić information content (AvgIpc) is 3.33. The normalized spacial score (nSPS) is 16.6. The Morgan fingerprint density at radius 3 is 2.80 bits per heavy atom. The summed E-state index contributed by atoms with van der Waals surface area (Å²) in [6, 6.07) is 14.7. The van der Waals surface area contributed by atoms with Crippen molar-refractivity contribution < 1.29 is 9.53 Å². The van der Waals surface area contributed by atoms with Crippen molar-refractivity contribution in [3.63, 3.8) is 0 Å². The summed E-state index contributed by atoms with van der Waals surface area (Å²) in [5.74, 6) is 2.46. The number of nitrogens with zero attached hydrogens (tertiary/aromatic N) is 3. The van der Waals surface area contributed by atoms with Crippen LogP contribution >= 0.6 is 0 Å². The van der Waals surface area contributed by atoms with Crippen LogP contribution in [0.15, 0.2) is 42.5 Å². The number of rotatable bonds is 6.